The number of amides is 2. The summed E-state index contributed by atoms with van der Waals surface area (Å²) in [4.78, 5) is 25.4. The molecule has 0 spiro atoms. The van der Waals surface area contributed by atoms with Gasteiger partial charge >= 0.3 is 0 Å². The third-order valence-electron chi connectivity index (χ3n) is 3.57. The second-order valence-corrected chi connectivity index (χ2v) is 6.38. The summed E-state index contributed by atoms with van der Waals surface area (Å²) < 4.78 is 0.822. The van der Waals surface area contributed by atoms with E-state index in [1.807, 2.05) is 25.1 Å². The van der Waals surface area contributed by atoms with Crippen LogP contribution in [0.4, 0.5) is 5.69 Å². The molecule has 3 N–H and O–H groups in total. The quantitative estimate of drug-likeness (QED) is 0.804. The van der Waals surface area contributed by atoms with Crippen LogP contribution in [0.1, 0.15) is 32.4 Å². The van der Waals surface area contributed by atoms with Gasteiger partial charge in [-0.1, -0.05) is 6.07 Å². The van der Waals surface area contributed by atoms with Crippen LogP contribution < -0.4 is 16.0 Å². The molecule has 2 amide bonds. The lowest BCUT2D eigenvalue weighted by Crippen LogP contribution is -2.64. The third kappa shape index (κ3) is 2.58. The van der Waals surface area contributed by atoms with E-state index < -0.39 is 5.54 Å². The molecule has 0 radical (unpaired) electrons. The normalized spacial score (nSPS) is 19.8. The van der Waals surface area contributed by atoms with Crippen LogP contribution in [0.5, 0.6) is 0 Å². The highest BCUT2D eigenvalue weighted by Gasteiger charge is 2.41. The molecule has 1 saturated heterocycles. The molecule has 108 valence electrons. The van der Waals surface area contributed by atoms with E-state index in [9.17, 15) is 9.59 Å². The Morgan fingerprint density at radius 2 is 2.05 bits per heavy atom. The van der Waals surface area contributed by atoms with E-state index in [-0.39, 0.29) is 24.4 Å². The maximum absolute atomic E-state index is 12.0. The average molecular weight is 340 g/mol. The van der Waals surface area contributed by atoms with Crippen LogP contribution in [0.25, 0.3) is 0 Å². The van der Waals surface area contributed by atoms with Crippen molar-refractivity contribution >= 4 is 33.4 Å². The van der Waals surface area contributed by atoms with E-state index >= 15 is 0 Å². The number of anilines is 1. The molecular formula is C14H18BrN3O2. The van der Waals surface area contributed by atoms with Gasteiger partial charge in [-0.25, -0.2) is 0 Å². The summed E-state index contributed by atoms with van der Waals surface area (Å²) >= 11 is 3.50. The van der Waals surface area contributed by atoms with Gasteiger partial charge in [-0.2, -0.15) is 0 Å². The van der Waals surface area contributed by atoms with Gasteiger partial charge in [0, 0.05) is 10.5 Å². The minimum absolute atomic E-state index is 0.0698. The number of hydrogen-bond acceptors (Lipinski definition) is 4. The molecule has 1 atom stereocenters. The third-order valence-corrected chi connectivity index (χ3v) is 4.21. The highest BCUT2D eigenvalue weighted by molar-refractivity contribution is 9.10. The number of imide groups is 1. The number of halogens is 1. The van der Waals surface area contributed by atoms with Crippen LogP contribution >= 0.6 is 15.9 Å². The highest BCUT2D eigenvalue weighted by atomic mass is 79.9. The Morgan fingerprint density at radius 1 is 1.40 bits per heavy atom. The molecule has 6 heteroatoms. The van der Waals surface area contributed by atoms with Crippen molar-refractivity contribution in [1.82, 2.24) is 5.32 Å². The van der Waals surface area contributed by atoms with Gasteiger partial charge in [0.1, 0.15) is 5.54 Å². The SMILES string of the molecule is C[C@H](N)c1ccc(N2CC(=O)NC(=O)C2(C)C)c(Br)c1. The van der Waals surface area contributed by atoms with Gasteiger partial charge in [0.25, 0.3) is 5.91 Å². The Hall–Kier alpha value is -1.40. The summed E-state index contributed by atoms with van der Waals surface area (Å²) in [6.07, 6.45) is 0. The first-order chi connectivity index (χ1) is 9.23. The van der Waals surface area contributed by atoms with Crippen molar-refractivity contribution in [3.05, 3.63) is 28.2 Å². The molecule has 1 heterocycles. The fraction of sp³-hybridized carbons (Fsp3) is 0.429. The zero-order valence-electron chi connectivity index (χ0n) is 11.7. The molecule has 0 aliphatic carbocycles. The maximum atomic E-state index is 12.0. The summed E-state index contributed by atoms with van der Waals surface area (Å²) in [7, 11) is 0. The second kappa shape index (κ2) is 5.18. The maximum Gasteiger partial charge on any atom is 0.251 e. The first kappa shape index (κ1) is 15.0. The van der Waals surface area contributed by atoms with Crippen molar-refractivity contribution in [1.29, 1.82) is 0 Å². The van der Waals surface area contributed by atoms with Crippen molar-refractivity contribution in [2.45, 2.75) is 32.4 Å². The van der Waals surface area contributed by atoms with Gasteiger partial charge < -0.3 is 10.6 Å². The number of nitrogens with zero attached hydrogens (tertiary/aromatic N) is 1. The first-order valence-corrected chi connectivity index (χ1v) is 7.19. The smallest absolute Gasteiger partial charge is 0.251 e. The number of rotatable bonds is 2. The molecule has 0 saturated carbocycles. The summed E-state index contributed by atoms with van der Waals surface area (Å²) in [5.74, 6) is -0.589. The predicted molar refractivity (Wildman–Crippen MR) is 81.3 cm³/mol. The zero-order chi connectivity index (χ0) is 15.1. The van der Waals surface area contributed by atoms with E-state index in [0.717, 1.165) is 15.7 Å². The summed E-state index contributed by atoms with van der Waals surface area (Å²) in [5.41, 5.74) is 6.87. The average Bonchev–Trinajstić information content (AvgIpc) is 2.34. The number of nitrogens with one attached hydrogen (secondary N) is 1. The fourth-order valence-electron chi connectivity index (χ4n) is 2.19. The Kier molecular flexibility index (Phi) is 3.88. The Labute approximate surface area is 126 Å². The Morgan fingerprint density at radius 3 is 2.60 bits per heavy atom. The van der Waals surface area contributed by atoms with E-state index in [0.29, 0.717) is 0 Å². The predicted octanol–water partition coefficient (Wildman–Crippen LogP) is 1.71. The van der Waals surface area contributed by atoms with Crippen LogP contribution in [-0.4, -0.2) is 23.9 Å². The highest BCUT2D eigenvalue weighted by Crippen LogP contribution is 2.34. The summed E-state index contributed by atoms with van der Waals surface area (Å²) in [6.45, 7) is 5.64. The van der Waals surface area contributed by atoms with Crippen molar-refractivity contribution in [3.63, 3.8) is 0 Å². The van der Waals surface area contributed by atoms with Crippen LogP contribution in [0, 0.1) is 0 Å². The van der Waals surface area contributed by atoms with Gasteiger partial charge in [-0.3, -0.25) is 14.9 Å². The molecule has 2 rings (SSSR count). The van der Waals surface area contributed by atoms with Gasteiger partial charge in [-0.05, 0) is 54.4 Å². The lowest BCUT2D eigenvalue weighted by atomic mass is 9.97. The van der Waals surface area contributed by atoms with Gasteiger partial charge in [0.15, 0.2) is 0 Å². The van der Waals surface area contributed by atoms with E-state index in [1.54, 1.807) is 18.7 Å². The van der Waals surface area contributed by atoms with Crippen molar-refractivity contribution in [2.24, 2.45) is 5.73 Å². The van der Waals surface area contributed by atoms with Crippen molar-refractivity contribution < 1.29 is 9.59 Å². The van der Waals surface area contributed by atoms with Crippen LogP contribution in [0.3, 0.4) is 0 Å². The van der Waals surface area contributed by atoms with Gasteiger partial charge in [-0.15, -0.1) is 0 Å². The first-order valence-electron chi connectivity index (χ1n) is 6.40. The van der Waals surface area contributed by atoms with Crippen molar-refractivity contribution in [2.75, 3.05) is 11.4 Å². The minimum atomic E-state index is -0.785. The van der Waals surface area contributed by atoms with Crippen LogP contribution in [-0.2, 0) is 9.59 Å². The Bertz CT molecular complexity index is 570. The number of carbonyl (C=O) groups excluding carboxylic acids is 2. The fourth-order valence-corrected chi connectivity index (χ4v) is 2.81. The molecule has 0 bridgehead atoms. The molecule has 1 fully saturated rings. The minimum Gasteiger partial charge on any atom is -0.347 e. The lowest BCUT2D eigenvalue weighted by Gasteiger charge is -2.42. The van der Waals surface area contributed by atoms with Crippen LogP contribution in [0.15, 0.2) is 22.7 Å². The summed E-state index contributed by atoms with van der Waals surface area (Å²) in [5, 5.41) is 2.36. The topological polar surface area (TPSA) is 75.4 Å². The molecular weight excluding hydrogens is 322 g/mol. The van der Waals surface area contributed by atoms with Crippen molar-refractivity contribution in [3.8, 4) is 0 Å². The van der Waals surface area contributed by atoms with Gasteiger partial charge in [0.05, 0.1) is 12.2 Å². The molecule has 1 aliphatic rings. The molecule has 0 aromatic heterocycles. The van der Waals surface area contributed by atoms with E-state index in [4.69, 9.17) is 5.73 Å². The van der Waals surface area contributed by atoms with Gasteiger partial charge in [0.2, 0.25) is 5.91 Å². The molecule has 5 nitrogen and oxygen atoms in total. The standard InChI is InChI=1S/C14H18BrN3O2/c1-8(16)9-4-5-11(10(15)6-9)18-7-12(19)17-13(20)14(18,2)3/h4-6,8H,7,16H2,1-3H3,(H,17,19,20)/t8-/m0/s1. The molecule has 1 aromatic rings. The number of nitrogens with two attached hydrogens (primary N) is 1. The molecule has 0 unspecified atom stereocenters. The molecule has 20 heavy (non-hydrogen) atoms. The largest absolute Gasteiger partial charge is 0.347 e. The number of benzene rings is 1. The summed E-state index contributed by atoms with van der Waals surface area (Å²) in [6, 6.07) is 5.65. The van der Waals surface area contributed by atoms with E-state index in [1.165, 1.54) is 0 Å². The lowest BCUT2D eigenvalue weighted by molar-refractivity contribution is -0.135. The molecule has 1 aliphatic heterocycles. The van der Waals surface area contributed by atoms with Crippen LogP contribution in [0.2, 0.25) is 0 Å². The number of piperazine rings is 1. The second-order valence-electron chi connectivity index (χ2n) is 5.52. The molecule has 1 aromatic carbocycles. The Balaban J connectivity index is 2.44. The zero-order valence-corrected chi connectivity index (χ0v) is 13.3. The number of hydrogen-bond donors (Lipinski definition) is 2. The monoisotopic (exact) mass is 339 g/mol. The van der Waals surface area contributed by atoms with E-state index in [2.05, 4.69) is 21.2 Å². The number of carbonyl (C=O) groups is 2.